The van der Waals surface area contributed by atoms with E-state index in [0.29, 0.717) is 37.4 Å². The van der Waals surface area contributed by atoms with E-state index in [1.807, 2.05) is 72.6 Å². The van der Waals surface area contributed by atoms with Gasteiger partial charge in [-0.05, 0) is 48.7 Å². The minimum Gasteiger partial charge on any atom is -0.470 e. The number of para-hydroxylation sites is 1. The van der Waals surface area contributed by atoms with Crippen molar-refractivity contribution >= 4 is 29.2 Å². The van der Waals surface area contributed by atoms with Crippen LogP contribution in [0.3, 0.4) is 0 Å². The van der Waals surface area contributed by atoms with Crippen molar-refractivity contribution in [3.8, 4) is 0 Å². The van der Waals surface area contributed by atoms with E-state index >= 15 is 0 Å². The second kappa shape index (κ2) is 10.1. The Kier molecular flexibility index (Phi) is 7.25. The number of benzene rings is 2. The van der Waals surface area contributed by atoms with Gasteiger partial charge in [0.25, 0.3) is 5.17 Å². The highest BCUT2D eigenvalue weighted by atomic mass is 32.1. The third-order valence-electron chi connectivity index (χ3n) is 4.94. The van der Waals surface area contributed by atoms with Crippen LogP contribution >= 0.6 is 12.2 Å². The predicted molar refractivity (Wildman–Crippen MR) is 114 cm³/mol. The van der Waals surface area contributed by atoms with E-state index in [-0.39, 0.29) is 6.09 Å². The molecule has 28 heavy (non-hydrogen) atoms. The molecule has 1 aliphatic rings. The van der Waals surface area contributed by atoms with Gasteiger partial charge in [-0.15, -0.1) is 0 Å². The molecule has 1 heterocycles. The molecule has 1 fully saturated rings. The van der Waals surface area contributed by atoms with E-state index in [2.05, 4.69) is 0 Å². The first kappa shape index (κ1) is 20.1. The van der Waals surface area contributed by atoms with Gasteiger partial charge < -0.3 is 19.3 Å². The molecule has 0 atom stereocenters. The largest absolute Gasteiger partial charge is 0.470 e. The average Bonchev–Trinajstić information content (AvgIpc) is 2.77. The van der Waals surface area contributed by atoms with E-state index < -0.39 is 0 Å². The number of anilines is 1. The normalized spacial score (nSPS) is 14.4. The van der Waals surface area contributed by atoms with Crippen molar-refractivity contribution in [3.63, 3.8) is 0 Å². The second-order valence-electron chi connectivity index (χ2n) is 6.94. The Bertz CT molecular complexity index is 762. The van der Waals surface area contributed by atoms with Gasteiger partial charge >= 0.3 is 6.09 Å². The smallest absolute Gasteiger partial charge is 0.410 e. The zero-order valence-corrected chi connectivity index (χ0v) is 16.9. The minimum atomic E-state index is -0.248. The topological polar surface area (TPSA) is 42.0 Å². The Labute approximate surface area is 171 Å². The van der Waals surface area contributed by atoms with Gasteiger partial charge in [-0.1, -0.05) is 48.5 Å². The molecular formula is C22H26N2O3S. The van der Waals surface area contributed by atoms with Gasteiger partial charge in [-0.3, -0.25) is 0 Å². The molecule has 1 aliphatic heterocycles. The first-order valence-corrected chi connectivity index (χ1v) is 9.95. The summed E-state index contributed by atoms with van der Waals surface area (Å²) in [5.74, 6) is 0.389. The van der Waals surface area contributed by atoms with Gasteiger partial charge in [0.05, 0.1) is 6.61 Å². The number of likely N-dealkylation sites (tertiary alicyclic amines) is 1. The summed E-state index contributed by atoms with van der Waals surface area (Å²) in [5, 5.41) is 0.468. The van der Waals surface area contributed by atoms with Gasteiger partial charge in [-0.25, -0.2) is 4.79 Å². The Hall–Kier alpha value is -2.60. The molecule has 1 saturated heterocycles. The van der Waals surface area contributed by atoms with Crippen LogP contribution in [-0.4, -0.2) is 42.9 Å². The second-order valence-corrected chi connectivity index (χ2v) is 7.29. The van der Waals surface area contributed by atoms with E-state index in [4.69, 9.17) is 21.7 Å². The number of rotatable bonds is 5. The summed E-state index contributed by atoms with van der Waals surface area (Å²) in [7, 11) is 1.91. The van der Waals surface area contributed by atoms with Crippen LogP contribution < -0.4 is 4.90 Å². The summed E-state index contributed by atoms with van der Waals surface area (Å²) in [6.45, 7) is 2.25. The van der Waals surface area contributed by atoms with Crippen LogP contribution in [0.4, 0.5) is 10.5 Å². The van der Waals surface area contributed by atoms with Crippen molar-refractivity contribution in [1.29, 1.82) is 0 Å². The Morgan fingerprint density at radius 3 is 2.29 bits per heavy atom. The van der Waals surface area contributed by atoms with Crippen LogP contribution in [0, 0.1) is 5.92 Å². The zero-order chi connectivity index (χ0) is 19.8. The summed E-state index contributed by atoms with van der Waals surface area (Å²) in [6, 6.07) is 19.6. The molecular weight excluding hydrogens is 372 g/mol. The number of thiocarbonyl (C=S) groups is 1. The van der Waals surface area contributed by atoms with E-state index in [1.54, 1.807) is 4.90 Å². The standard InChI is InChI=1S/C22H26N2O3S/c1-23(20-10-6-3-7-11-20)22(28)27-17-19-12-14-24(15-13-19)21(25)26-16-18-8-4-2-5-9-18/h2-11,19H,12-17H2,1H3. The third-order valence-corrected chi connectivity index (χ3v) is 5.33. The maximum atomic E-state index is 12.2. The van der Waals surface area contributed by atoms with Crippen LogP contribution in [-0.2, 0) is 16.1 Å². The Balaban J connectivity index is 1.37. The number of nitrogens with zero attached hydrogens (tertiary/aromatic N) is 2. The summed E-state index contributed by atoms with van der Waals surface area (Å²) in [6.07, 6.45) is 1.53. The summed E-state index contributed by atoms with van der Waals surface area (Å²) < 4.78 is 11.2. The molecule has 0 aliphatic carbocycles. The van der Waals surface area contributed by atoms with E-state index in [1.165, 1.54) is 0 Å². The molecule has 0 N–H and O–H groups in total. The molecule has 2 aromatic rings. The van der Waals surface area contributed by atoms with Crippen LogP contribution in [0.15, 0.2) is 60.7 Å². The van der Waals surface area contributed by atoms with Crippen molar-refractivity contribution in [2.24, 2.45) is 5.92 Å². The number of carbonyl (C=O) groups excluding carboxylic acids is 1. The van der Waals surface area contributed by atoms with Gasteiger partial charge in [0.1, 0.15) is 6.61 Å². The summed E-state index contributed by atoms with van der Waals surface area (Å²) >= 11 is 5.39. The molecule has 5 nitrogen and oxygen atoms in total. The first-order valence-electron chi connectivity index (χ1n) is 9.54. The number of carbonyl (C=O) groups is 1. The molecule has 0 aromatic heterocycles. The van der Waals surface area contributed by atoms with E-state index in [0.717, 1.165) is 24.1 Å². The number of piperidine rings is 1. The fraction of sp³-hybridized carbons (Fsp3) is 0.364. The number of hydrogen-bond acceptors (Lipinski definition) is 4. The highest BCUT2D eigenvalue weighted by Crippen LogP contribution is 2.20. The maximum absolute atomic E-state index is 12.2. The summed E-state index contributed by atoms with van der Waals surface area (Å²) in [4.78, 5) is 15.9. The van der Waals surface area contributed by atoms with E-state index in [9.17, 15) is 4.79 Å². The molecule has 2 aromatic carbocycles. The lowest BCUT2D eigenvalue weighted by Crippen LogP contribution is -2.40. The molecule has 0 radical (unpaired) electrons. The lowest BCUT2D eigenvalue weighted by molar-refractivity contribution is 0.0753. The summed E-state index contributed by atoms with van der Waals surface area (Å²) in [5.41, 5.74) is 2.00. The average molecular weight is 399 g/mol. The van der Waals surface area contributed by atoms with Crippen LogP contribution in [0.5, 0.6) is 0 Å². The number of ether oxygens (including phenoxy) is 2. The maximum Gasteiger partial charge on any atom is 0.410 e. The lowest BCUT2D eigenvalue weighted by Gasteiger charge is -2.31. The Morgan fingerprint density at radius 2 is 1.64 bits per heavy atom. The highest BCUT2D eigenvalue weighted by Gasteiger charge is 2.24. The lowest BCUT2D eigenvalue weighted by atomic mass is 9.98. The van der Waals surface area contributed by atoms with Gasteiger partial charge in [0, 0.05) is 25.8 Å². The van der Waals surface area contributed by atoms with Crippen LogP contribution in [0.2, 0.25) is 0 Å². The zero-order valence-electron chi connectivity index (χ0n) is 16.1. The van der Waals surface area contributed by atoms with Crippen molar-refractivity contribution in [3.05, 3.63) is 66.2 Å². The fourth-order valence-electron chi connectivity index (χ4n) is 3.14. The molecule has 0 unspecified atom stereocenters. The fourth-order valence-corrected chi connectivity index (χ4v) is 3.31. The Morgan fingerprint density at radius 1 is 1.04 bits per heavy atom. The molecule has 0 bridgehead atoms. The van der Waals surface area contributed by atoms with Crippen LogP contribution in [0.25, 0.3) is 0 Å². The third kappa shape index (κ3) is 5.70. The van der Waals surface area contributed by atoms with Crippen molar-refractivity contribution in [1.82, 2.24) is 4.90 Å². The molecule has 6 heteroatoms. The molecule has 3 rings (SSSR count). The molecule has 1 amide bonds. The van der Waals surface area contributed by atoms with Crippen LogP contribution in [0.1, 0.15) is 18.4 Å². The van der Waals surface area contributed by atoms with Crippen molar-refractivity contribution in [2.75, 3.05) is 31.6 Å². The quantitative estimate of drug-likeness (QED) is 0.695. The van der Waals surface area contributed by atoms with Crippen molar-refractivity contribution < 1.29 is 14.3 Å². The van der Waals surface area contributed by atoms with Gasteiger partial charge in [0.2, 0.25) is 0 Å². The molecule has 0 saturated carbocycles. The minimum absolute atomic E-state index is 0.248. The van der Waals surface area contributed by atoms with Crippen molar-refractivity contribution in [2.45, 2.75) is 19.4 Å². The van der Waals surface area contributed by atoms with Gasteiger partial charge in [0.15, 0.2) is 0 Å². The first-order chi connectivity index (χ1) is 13.6. The number of amides is 1. The predicted octanol–water partition coefficient (Wildman–Crippen LogP) is 4.47. The molecule has 0 spiro atoms. The SMILES string of the molecule is CN(C(=S)OCC1CCN(C(=O)OCc2ccccc2)CC1)c1ccccc1. The number of hydrogen-bond donors (Lipinski definition) is 0. The highest BCUT2D eigenvalue weighted by molar-refractivity contribution is 7.80. The monoisotopic (exact) mass is 398 g/mol. The molecule has 148 valence electrons. The van der Waals surface area contributed by atoms with Gasteiger partial charge in [-0.2, -0.15) is 0 Å².